The molecule has 1 amide bonds. The molecule has 2 aromatic heterocycles. The van der Waals surface area contributed by atoms with Crippen LogP contribution in [0.3, 0.4) is 0 Å². The zero-order valence-corrected chi connectivity index (χ0v) is 16.6. The lowest BCUT2D eigenvalue weighted by Crippen LogP contribution is -2.14. The minimum atomic E-state index is -0.443. The average Bonchev–Trinajstić information content (AvgIpc) is 3.21. The fraction of sp³-hybridized carbons (Fsp3) is 0.0455. The Morgan fingerprint density at radius 2 is 1.93 bits per heavy atom. The van der Waals surface area contributed by atoms with Crippen LogP contribution in [-0.4, -0.2) is 27.8 Å². The van der Waals surface area contributed by atoms with E-state index in [1.165, 1.54) is 19.2 Å². The number of carbonyl (C=O) groups excluding carboxylic acids is 1. The van der Waals surface area contributed by atoms with Crippen molar-refractivity contribution in [2.24, 2.45) is 0 Å². The van der Waals surface area contributed by atoms with Crippen molar-refractivity contribution in [3.05, 3.63) is 89.6 Å². The van der Waals surface area contributed by atoms with Gasteiger partial charge in [0.15, 0.2) is 5.69 Å². The van der Waals surface area contributed by atoms with Gasteiger partial charge in [0.2, 0.25) is 0 Å². The first-order valence-electron chi connectivity index (χ1n) is 8.96. The van der Waals surface area contributed by atoms with Crippen molar-refractivity contribution >= 4 is 23.2 Å². The number of methoxy groups -OCH3 is 1. The van der Waals surface area contributed by atoms with Crippen LogP contribution in [0.25, 0.3) is 16.9 Å². The molecule has 30 heavy (non-hydrogen) atoms. The third-order valence-corrected chi connectivity index (χ3v) is 4.62. The molecule has 0 spiro atoms. The van der Waals surface area contributed by atoms with Crippen LogP contribution in [0.15, 0.2) is 73.1 Å². The van der Waals surface area contributed by atoms with E-state index in [0.29, 0.717) is 27.8 Å². The van der Waals surface area contributed by atoms with E-state index >= 15 is 0 Å². The van der Waals surface area contributed by atoms with Crippen molar-refractivity contribution in [3.8, 4) is 22.7 Å². The fourth-order valence-electron chi connectivity index (χ4n) is 2.96. The third kappa shape index (κ3) is 4.01. The molecular weight excluding hydrogens is 407 g/mol. The highest BCUT2D eigenvalue weighted by molar-refractivity contribution is 6.31. The minimum absolute atomic E-state index is 0.167. The van der Waals surface area contributed by atoms with Gasteiger partial charge >= 0.3 is 0 Å². The van der Waals surface area contributed by atoms with Gasteiger partial charge in [0.05, 0.1) is 24.2 Å². The van der Waals surface area contributed by atoms with Gasteiger partial charge in [0, 0.05) is 23.0 Å². The molecule has 150 valence electrons. The molecule has 0 aliphatic heterocycles. The first-order valence-corrected chi connectivity index (χ1v) is 9.34. The lowest BCUT2D eigenvalue weighted by molar-refractivity contribution is 0.102. The number of ether oxygens (including phenoxy) is 1. The maximum absolute atomic E-state index is 13.4. The number of carbonyl (C=O) groups is 1. The second kappa shape index (κ2) is 8.34. The Morgan fingerprint density at radius 3 is 2.63 bits per heavy atom. The van der Waals surface area contributed by atoms with Crippen LogP contribution >= 0.6 is 11.6 Å². The third-order valence-electron chi connectivity index (χ3n) is 4.38. The van der Waals surface area contributed by atoms with Crippen molar-refractivity contribution in [3.63, 3.8) is 0 Å². The minimum Gasteiger partial charge on any atom is -0.495 e. The van der Waals surface area contributed by atoms with E-state index in [4.69, 9.17) is 16.3 Å². The van der Waals surface area contributed by atoms with Crippen LogP contribution in [-0.2, 0) is 0 Å². The highest BCUT2D eigenvalue weighted by Gasteiger charge is 2.18. The van der Waals surface area contributed by atoms with E-state index < -0.39 is 5.91 Å². The molecule has 4 aromatic rings. The lowest BCUT2D eigenvalue weighted by atomic mass is 10.2. The Bertz CT molecular complexity index is 1190. The number of nitrogens with one attached hydrogen (secondary N) is 1. The van der Waals surface area contributed by atoms with E-state index in [0.717, 1.165) is 5.56 Å². The van der Waals surface area contributed by atoms with Gasteiger partial charge in [-0.15, -0.1) is 0 Å². The van der Waals surface area contributed by atoms with E-state index in [1.54, 1.807) is 59.5 Å². The summed E-state index contributed by atoms with van der Waals surface area (Å²) in [5.41, 5.74) is 2.59. The highest BCUT2D eigenvalue weighted by atomic mass is 35.5. The van der Waals surface area contributed by atoms with Crippen LogP contribution in [0.1, 0.15) is 10.5 Å². The van der Waals surface area contributed by atoms with Crippen molar-refractivity contribution in [2.75, 3.05) is 12.4 Å². The van der Waals surface area contributed by atoms with Crippen molar-refractivity contribution < 1.29 is 13.9 Å². The number of aromatic nitrogens is 3. The summed E-state index contributed by atoms with van der Waals surface area (Å²) in [6.45, 7) is 0. The molecule has 0 unspecified atom stereocenters. The molecule has 4 rings (SSSR count). The number of benzene rings is 2. The SMILES string of the molecule is COc1ccc(Cl)cc1NC(=O)c1cc(-c2cccnc2)n(-c2ccc(F)cc2)n1. The Morgan fingerprint density at radius 1 is 1.13 bits per heavy atom. The summed E-state index contributed by atoms with van der Waals surface area (Å²) in [6, 6.07) is 16.1. The van der Waals surface area contributed by atoms with Crippen molar-refractivity contribution in [1.29, 1.82) is 0 Å². The predicted octanol–water partition coefficient (Wildman–Crippen LogP) is 4.99. The van der Waals surface area contributed by atoms with Gasteiger partial charge in [0.1, 0.15) is 11.6 Å². The molecule has 0 aliphatic rings. The standard InChI is InChI=1S/C22H16ClFN4O2/c1-30-21-9-4-15(23)11-18(21)26-22(29)19-12-20(14-3-2-10-25-13-14)28(27-19)17-7-5-16(24)6-8-17/h2-13H,1H3,(H,26,29). The highest BCUT2D eigenvalue weighted by Crippen LogP contribution is 2.29. The molecule has 0 bridgehead atoms. The molecule has 0 saturated carbocycles. The van der Waals surface area contributed by atoms with Crippen LogP contribution < -0.4 is 10.1 Å². The Hall–Kier alpha value is -3.71. The van der Waals surface area contributed by atoms with Crippen LogP contribution in [0.2, 0.25) is 5.02 Å². The van der Waals surface area contributed by atoms with Crippen LogP contribution in [0, 0.1) is 5.82 Å². The zero-order valence-electron chi connectivity index (χ0n) is 15.8. The quantitative estimate of drug-likeness (QED) is 0.492. The van der Waals surface area contributed by atoms with Gasteiger partial charge in [-0.2, -0.15) is 5.10 Å². The number of hydrogen-bond donors (Lipinski definition) is 1. The maximum atomic E-state index is 13.4. The van der Waals surface area contributed by atoms with Crippen molar-refractivity contribution in [1.82, 2.24) is 14.8 Å². The number of amides is 1. The van der Waals surface area contributed by atoms with Gasteiger partial charge < -0.3 is 10.1 Å². The number of hydrogen-bond acceptors (Lipinski definition) is 4. The zero-order chi connectivity index (χ0) is 21.1. The summed E-state index contributed by atoms with van der Waals surface area (Å²) in [5.74, 6) is -0.334. The van der Waals surface area contributed by atoms with Gasteiger partial charge in [-0.05, 0) is 60.7 Å². The molecular formula is C22H16ClFN4O2. The molecule has 2 heterocycles. The monoisotopic (exact) mass is 422 g/mol. The van der Waals surface area contributed by atoms with E-state index in [2.05, 4.69) is 15.4 Å². The van der Waals surface area contributed by atoms with E-state index in [9.17, 15) is 9.18 Å². The number of halogens is 2. The van der Waals surface area contributed by atoms with Crippen molar-refractivity contribution in [2.45, 2.75) is 0 Å². The van der Waals surface area contributed by atoms with Gasteiger partial charge in [-0.25, -0.2) is 9.07 Å². The molecule has 0 atom stereocenters. The van der Waals surface area contributed by atoms with E-state index in [-0.39, 0.29) is 11.5 Å². The smallest absolute Gasteiger partial charge is 0.276 e. The molecule has 1 N–H and O–H groups in total. The average molecular weight is 423 g/mol. The normalized spacial score (nSPS) is 10.6. The summed E-state index contributed by atoms with van der Waals surface area (Å²) in [4.78, 5) is 17.0. The molecule has 8 heteroatoms. The summed E-state index contributed by atoms with van der Waals surface area (Å²) >= 11 is 6.04. The summed E-state index contributed by atoms with van der Waals surface area (Å²) in [7, 11) is 1.50. The molecule has 0 aliphatic carbocycles. The number of nitrogens with zero attached hydrogens (tertiary/aromatic N) is 3. The first-order chi connectivity index (χ1) is 14.5. The Balaban J connectivity index is 1.75. The second-order valence-corrected chi connectivity index (χ2v) is 6.78. The largest absolute Gasteiger partial charge is 0.495 e. The molecule has 2 aromatic carbocycles. The molecule has 0 saturated heterocycles. The summed E-state index contributed by atoms with van der Waals surface area (Å²) in [5, 5.41) is 7.67. The van der Waals surface area contributed by atoms with Crippen LogP contribution in [0.5, 0.6) is 5.75 Å². The maximum Gasteiger partial charge on any atom is 0.276 e. The molecule has 0 radical (unpaired) electrons. The fourth-order valence-corrected chi connectivity index (χ4v) is 3.13. The number of rotatable bonds is 5. The van der Waals surface area contributed by atoms with Gasteiger partial charge in [-0.3, -0.25) is 9.78 Å². The summed E-state index contributed by atoms with van der Waals surface area (Å²) < 4.78 is 20.2. The Labute approximate surface area is 176 Å². The van der Waals surface area contributed by atoms with E-state index in [1.807, 2.05) is 6.07 Å². The number of pyridine rings is 1. The van der Waals surface area contributed by atoms with Crippen LogP contribution in [0.4, 0.5) is 10.1 Å². The molecule has 0 fully saturated rings. The number of anilines is 1. The van der Waals surface area contributed by atoms with Gasteiger partial charge in [-0.1, -0.05) is 11.6 Å². The lowest BCUT2D eigenvalue weighted by Gasteiger charge is -2.09. The topological polar surface area (TPSA) is 69.0 Å². The first kappa shape index (κ1) is 19.6. The van der Waals surface area contributed by atoms with Gasteiger partial charge in [0.25, 0.3) is 5.91 Å². The Kier molecular flexibility index (Phi) is 5.45. The predicted molar refractivity (Wildman–Crippen MR) is 113 cm³/mol. The summed E-state index contributed by atoms with van der Waals surface area (Å²) in [6.07, 6.45) is 3.32. The second-order valence-electron chi connectivity index (χ2n) is 6.34. The molecule has 6 nitrogen and oxygen atoms in total.